The summed E-state index contributed by atoms with van der Waals surface area (Å²) in [6.45, 7) is 3.95. The molecule has 5 heteroatoms. The summed E-state index contributed by atoms with van der Waals surface area (Å²) in [5.74, 6) is 0.743. The highest BCUT2D eigenvalue weighted by Gasteiger charge is 2.23. The van der Waals surface area contributed by atoms with E-state index in [4.69, 9.17) is 0 Å². The Hall–Kier alpha value is -0.680. The smallest absolute Gasteiger partial charge is 0.147 e. The van der Waals surface area contributed by atoms with Crippen molar-refractivity contribution in [3.63, 3.8) is 0 Å². The van der Waals surface area contributed by atoms with Crippen LogP contribution in [0.15, 0.2) is 17.0 Å². The third-order valence-corrected chi connectivity index (χ3v) is 2.65. The Morgan fingerprint density at radius 3 is 2.50 bits per heavy atom. The second-order valence-electron chi connectivity index (χ2n) is 3.73. The van der Waals surface area contributed by atoms with Gasteiger partial charge in [-0.3, -0.25) is 0 Å². The number of hydrogen-bond donors (Lipinski definition) is 1. The van der Waals surface area contributed by atoms with E-state index in [1.165, 1.54) is 0 Å². The van der Waals surface area contributed by atoms with Gasteiger partial charge >= 0.3 is 0 Å². The number of aliphatic hydroxyl groups excluding tert-OH is 1. The first-order chi connectivity index (χ1) is 6.47. The summed E-state index contributed by atoms with van der Waals surface area (Å²) in [6, 6.07) is 0. The van der Waals surface area contributed by atoms with Gasteiger partial charge in [-0.25, -0.2) is 9.97 Å². The first-order valence-electron chi connectivity index (χ1n) is 4.29. The molecule has 1 aromatic heterocycles. The monoisotopic (exact) mass is 259 g/mol. The summed E-state index contributed by atoms with van der Waals surface area (Å²) in [5, 5.41) is 9.18. The van der Waals surface area contributed by atoms with Gasteiger partial charge in [-0.05, 0) is 29.8 Å². The van der Waals surface area contributed by atoms with Crippen molar-refractivity contribution >= 4 is 21.7 Å². The van der Waals surface area contributed by atoms with Gasteiger partial charge in [-0.15, -0.1) is 0 Å². The molecule has 0 radical (unpaired) electrons. The van der Waals surface area contributed by atoms with Crippen LogP contribution in [0.5, 0.6) is 0 Å². The van der Waals surface area contributed by atoms with Crippen molar-refractivity contribution < 1.29 is 5.11 Å². The van der Waals surface area contributed by atoms with Crippen molar-refractivity contribution in [2.45, 2.75) is 19.4 Å². The van der Waals surface area contributed by atoms with Crippen molar-refractivity contribution in [3.05, 3.63) is 17.0 Å². The molecule has 14 heavy (non-hydrogen) atoms. The number of anilines is 1. The summed E-state index contributed by atoms with van der Waals surface area (Å²) in [4.78, 5) is 10.2. The summed E-state index contributed by atoms with van der Waals surface area (Å²) in [5.41, 5.74) is -0.331. The molecule has 1 N–H and O–H groups in total. The van der Waals surface area contributed by atoms with Crippen LogP contribution in [0.4, 0.5) is 5.82 Å². The first kappa shape index (κ1) is 11.4. The van der Waals surface area contributed by atoms with E-state index >= 15 is 0 Å². The molecule has 0 fully saturated rings. The second kappa shape index (κ2) is 4.23. The first-order valence-corrected chi connectivity index (χ1v) is 5.09. The molecular weight excluding hydrogens is 246 g/mol. The lowest BCUT2D eigenvalue weighted by atomic mass is 10.1. The fourth-order valence-electron chi connectivity index (χ4n) is 0.895. The van der Waals surface area contributed by atoms with E-state index in [1.807, 2.05) is 25.8 Å². The maximum Gasteiger partial charge on any atom is 0.147 e. The van der Waals surface area contributed by atoms with Gasteiger partial charge in [0.2, 0.25) is 0 Å². The topological polar surface area (TPSA) is 49.2 Å². The van der Waals surface area contributed by atoms with Crippen molar-refractivity contribution in [1.82, 2.24) is 9.97 Å². The fraction of sp³-hybridized carbons (Fsp3) is 0.556. The molecule has 0 spiro atoms. The SMILES string of the molecule is CN(c1cnc(Br)cn1)C(C)(C)CO. The summed E-state index contributed by atoms with van der Waals surface area (Å²) in [7, 11) is 1.88. The predicted octanol–water partition coefficient (Wildman–Crippen LogP) is 1.45. The summed E-state index contributed by atoms with van der Waals surface area (Å²) >= 11 is 3.22. The van der Waals surface area contributed by atoms with E-state index in [9.17, 15) is 5.11 Å². The Labute approximate surface area is 92.1 Å². The zero-order valence-electron chi connectivity index (χ0n) is 8.53. The van der Waals surface area contributed by atoms with Crippen LogP contribution in [0, 0.1) is 0 Å². The van der Waals surface area contributed by atoms with Gasteiger partial charge in [0.1, 0.15) is 10.4 Å². The molecule has 1 aromatic rings. The molecule has 0 amide bonds. The average Bonchev–Trinajstić information content (AvgIpc) is 2.18. The molecule has 1 heterocycles. The van der Waals surface area contributed by atoms with Crippen LogP contribution in [0.1, 0.15) is 13.8 Å². The number of aliphatic hydroxyl groups is 1. The number of aromatic nitrogens is 2. The van der Waals surface area contributed by atoms with Crippen molar-refractivity contribution in [1.29, 1.82) is 0 Å². The highest BCUT2D eigenvalue weighted by Crippen LogP contribution is 2.19. The molecule has 0 saturated carbocycles. The molecule has 78 valence electrons. The minimum atomic E-state index is -0.331. The van der Waals surface area contributed by atoms with Crippen molar-refractivity contribution in [2.75, 3.05) is 18.6 Å². The highest BCUT2D eigenvalue weighted by atomic mass is 79.9. The van der Waals surface area contributed by atoms with E-state index in [2.05, 4.69) is 25.9 Å². The Morgan fingerprint density at radius 1 is 1.43 bits per heavy atom. The third kappa shape index (κ3) is 2.42. The molecule has 0 unspecified atom stereocenters. The van der Waals surface area contributed by atoms with Crippen LogP contribution < -0.4 is 4.90 Å². The number of rotatable bonds is 3. The molecule has 4 nitrogen and oxygen atoms in total. The number of likely N-dealkylation sites (N-methyl/N-ethyl adjacent to an activating group) is 1. The minimum Gasteiger partial charge on any atom is -0.394 e. The van der Waals surface area contributed by atoms with Crippen LogP contribution in [0.3, 0.4) is 0 Å². The third-order valence-electron chi connectivity index (χ3n) is 2.25. The van der Waals surface area contributed by atoms with Gasteiger partial charge in [0.25, 0.3) is 0 Å². The molecule has 0 aliphatic carbocycles. The van der Waals surface area contributed by atoms with Crippen molar-refractivity contribution in [3.8, 4) is 0 Å². The van der Waals surface area contributed by atoms with Crippen LogP contribution >= 0.6 is 15.9 Å². The van der Waals surface area contributed by atoms with Crippen LogP contribution in [-0.4, -0.2) is 34.3 Å². The second-order valence-corrected chi connectivity index (χ2v) is 4.54. The van der Waals surface area contributed by atoms with Gasteiger partial charge < -0.3 is 10.0 Å². The molecule has 1 rings (SSSR count). The Balaban J connectivity index is 2.89. The van der Waals surface area contributed by atoms with Gasteiger partial charge in [0, 0.05) is 7.05 Å². The summed E-state index contributed by atoms with van der Waals surface area (Å²) in [6.07, 6.45) is 3.31. The van der Waals surface area contributed by atoms with Gasteiger partial charge in [-0.2, -0.15) is 0 Å². The standard InChI is InChI=1S/C9H14BrN3O/c1-9(2,6-14)13(3)8-5-11-7(10)4-12-8/h4-5,14H,6H2,1-3H3. The highest BCUT2D eigenvalue weighted by molar-refractivity contribution is 9.10. The zero-order chi connectivity index (χ0) is 10.8. The van der Waals surface area contributed by atoms with Gasteiger partial charge in [0.05, 0.1) is 24.5 Å². The predicted molar refractivity (Wildman–Crippen MR) is 59.3 cm³/mol. The molecule has 0 atom stereocenters. The normalized spacial score (nSPS) is 11.5. The lowest BCUT2D eigenvalue weighted by molar-refractivity contribution is 0.215. The quantitative estimate of drug-likeness (QED) is 0.893. The minimum absolute atomic E-state index is 0.0707. The largest absolute Gasteiger partial charge is 0.394 e. The van der Waals surface area contributed by atoms with E-state index in [0.29, 0.717) is 4.60 Å². The number of hydrogen-bond acceptors (Lipinski definition) is 4. The van der Waals surface area contributed by atoms with Crippen LogP contribution in [0.25, 0.3) is 0 Å². The Bertz CT molecular complexity index is 299. The lowest BCUT2D eigenvalue weighted by Crippen LogP contribution is -2.44. The Morgan fingerprint density at radius 2 is 2.07 bits per heavy atom. The van der Waals surface area contributed by atoms with E-state index < -0.39 is 0 Å². The molecule has 0 aliphatic rings. The fourth-order valence-corrected chi connectivity index (χ4v) is 1.10. The molecular formula is C9H14BrN3O. The molecule has 0 saturated heterocycles. The zero-order valence-corrected chi connectivity index (χ0v) is 10.1. The van der Waals surface area contributed by atoms with Crippen LogP contribution in [-0.2, 0) is 0 Å². The maximum atomic E-state index is 9.18. The molecule has 0 bridgehead atoms. The van der Waals surface area contributed by atoms with E-state index in [0.717, 1.165) is 5.82 Å². The van der Waals surface area contributed by atoms with Crippen molar-refractivity contribution in [2.24, 2.45) is 0 Å². The average molecular weight is 260 g/mol. The van der Waals surface area contributed by atoms with E-state index in [-0.39, 0.29) is 12.1 Å². The lowest BCUT2D eigenvalue weighted by Gasteiger charge is -2.34. The summed E-state index contributed by atoms with van der Waals surface area (Å²) < 4.78 is 0.705. The van der Waals surface area contributed by atoms with Gasteiger partial charge in [-0.1, -0.05) is 0 Å². The number of halogens is 1. The molecule has 0 aliphatic heterocycles. The van der Waals surface area contributed by atoms with E-state index in [1.54, 1.807) is 12.4 Å². The van der Waals surface area contributed by atoms with Gasteiger partial charge in [0.15, 0.2) is 0 Å². The van der Waals surface area contributed by atoms with Crippen LogP contribution in [0.2, 0.25) is 0 Å². The molecule has 0 aromatic carbocycles. The Kier molecular flexibility index (Phi) is 3.44. The number of nitrogens with zero attached hydrogens (tertiary/aromatic N) is 3. The maximum absolute atomic E-state index is 9.18.